The van der Waals surface area contributed by atoms with Crippen molar-refractivity contribution in [1.29, 1.82) is 0 Å². The summed E-state index contributed by atoms with van der Waals surface area (Å²) in [5, 5.41) is 10.0. The van der Waals surface area contributed by atoms with Gasteiger partial charge in [-0.15, -0.1) is 0 Å². The molecule has 1 aromatic rings. The molecule has 0 radical (unpaired) electrons. The van der Waals surface area contributed by atoms with Gasteiger partial charge >= 0.3 is 5.69 Å². The van der Waals surface area contributed by atoms with Gasteiger partial charge in [0.25, 0.3) is 7.82 Å². The molecule has 1 aromatic heterocycles. The zero-order valence-corrected chi connectivity index (χ0v) is 17.8. The van der Waals surface area contributed by atoms with Crippen LogP contribution in [0.2, 0.25) is 0 Å². The second-order valence-electron chi connectivity index (χ2n) is 5.28. The van der Waals surface area contributed by atoms with Crippen molar-refractivity contribution in [3.8, 4) is 0 Å². The zero-order chi connectivity index (χ0) is 21.3. The second kappa shape index (κ2) is 8.90. The topological polar surface area (TPSA) is 221 Å². The fourth-order valence-electron chi connectivity index (χ4n) is 2.13. The lowest BCUT2D eigenvalue weighted by Gasteiger charge is -2.40. The normalized spacial score (nSPS) is 27.2. The summed E-state index contributed by atoms with van der Waals surface area (Å²) >= 11 is 9.26. The number of nitrogens with two attached hydrogens (primary N) is 1. The Morgan fingerprint density at radius 2 is 2.07 bits per heavy atom. The zero-order valence-electron chi connectivity index (χ0n) is 13.5. The first-order valence-electron chi connectivity index (χ1n) is 7.07. The molecule has 0 spiro atoms. The summed E-state index contributed by atoms with van der Waals surface area (Å²) in [6, 6.07) is 1.34. The molecule has 0 amide bonds. The molecule has 0 bridgehead atoms. The van der Waals surface area contributed by atoms with Gasteiger partial charge in [-0.05, 0) is 6.07 Å². The highest BCUT2D eigenvalue weighted by atomic mass is 32.9. The van der Waals surface area contributed by atoms with Crippen LogP contribution < -0.4 is 26.1 Å². The van der Waals surface area contributed by atoms with E-state index in [0.717, 1.165) is 4.57 Å². The number of phosphoric acid groups is 2. The predicted octanol–water partition coefficient (Wildman–Crippen LogP) is -2.41. The molecule has 1 fully saturated rings. The number of nitrogen functional groups attached to an aromatic ring is 1. The van der Waals surface area contributed by atoms with Gasteiger partial charge in [0, 0.05) is 12.6 Å². The van der Waals surface area contributed by atoms with E-state index in [-0.39, 0.29) is 12.2 Å². The van der Waals surface area contributed by atoms with Gasteiger partial charge in [0.15, 0.2) is 0 Å². The number of aromatic nitrogens is 2. The predicted molar refractivity (Wildman–Crippen MR) is 92.4 cm³/mol. The van der Waals surface area contributed by atoms with Crippen LogP contribution >= 0.6 is 21.3 Å². The molecule has 5 atom stereocenters. The molecular formula is C9H12N3O11P3S2-4. The number of hydrogen-bond donors (Lipinski definition) is 2. The lowest BCUT2D eigenvalue weighted by molar-refractivity contribution is -0.339. The molecular weight excluding hydrogens is 483 g/mol. The maximum absolute atomic E-state index is 11.8. The van der Waals surface area contributed by atoms with Crippen LogP contribution in [0.1, 0.15) is 12.6 Å². The molecule has 28 heavy (non-hydrogen) atoms. The number of ether oxygens (including phenoxy) is 1. The van der Waals surface area contributed by atoms with Gasteiger partial charge in [0.2, 0.25) is 0 Å². The van der Waals surface area contributed by atoms with Crippen molar-refractivity contribution in [2.75, 3.05) is 12.3 Å². The summed E-state index contributed by atoms with van der Waals surface area (Å²) in [5.41, 5.74) is 0.601. The number of nitrogens with zero attached hydrogens (tertiary/aromatic N) is 2. The first kappa shape index (κ1) is 24.1. The minimum atomic E-state index is -5.92. The molecule has 19 heteroatoms. The molecule has 160 valence electrons. The number of anilines is 1. The lowest BCUT2D eigenvalue weighted by Crippen LogP contribution is -2.28. The summed E-state index contributed by atoms with van der Waals surface area (Å²) in [6.45, 7) is -0.554. The van der Waals surface area contributed by atoms with Gasteiger partial charge in [-0.1, -0.05) is 11.8 Å². The van der Waals surface area contributed by atoms with Gasteiger partial charge < -0.3 is 51.6 Å². The average molecular weight is 495 g/mol. The van der Waals surface area contributed by atoms with Crippen LogP contribution in [0.4, 0.5) is 5.82 Å². The van der Waals surface area contributed by atoms with E-state index in [0.29, 0.717) is 0 Å². The minimum absolute atomic E-state index is 0.00593. The smallest absolute Gasteiger partial charge is 0.351 e. The fraction of sp³-hybridized carbons (Fsp3) is 0.556. The Kier molecular flexibility index (Phi) is 7.66. The van der Waals surface area contributed by atoms with Crippen LogP contribution in [-0.4, -0.2) is 33.5 Å². The van der Waals surface area contributed by atoms with Gasteiger partial charge in [0.05, 0.1) is 26.2 Å². The Morgan fingerprint density at radius 1 is 1.43 bits per heavy atom. The van der Waals surface area contributed by atoms with E-state index in [1.54, 1.807) is 0 Å². The molecule has 0 aliphatic carbocycles. The van der Waals surface area contributed by atoms with Crippen molar-refractivity contribution < 1.29 is 46.8 Å². The van der Waals surface area contributed by atoms with Crippen molar-refractivity contribution in [1.82, 2.24) is 9.55 Å². The molecule has 1 saturated heterocycles. The van der Waals surface area contributed by atoms with Gasteiger partial charge in [-0.3, -0.25) is 17.8 Å². The van der Waals surface area contributed by atoms with E-state index in [1.807, 2.05) is 0 Å². The monoisotopic (exact) mass is 495 g/mol. The van der Waals surface area contributed by atoms with Crippen molar-refractivity contribution in [2.24, 2.45) is 0 Å². The Bertz CT molecular complexity index is 922. The van der Waals surface area contributed by atoms with Crippen LogP contribution in [0.5, 0.6) is 0 Å². The van der Waals surface area contributed by atoms with E-state index < -0.39 is 52.1 Å². The third-order valence-electron chi connectivity index (χ3n) is 3.16. The molecule has 2 heterocycles. The summed E-state index contributed by atoms with van der Waals surface area (Å²) < 4.78 is 40.5. The number of hydrogen-bond acceptors (Lipinski definition) is 15. The van der Waals surface area contributed by atoms with Gasteiger partial charge in [-0.25, -0.2) is 4.79 Å². The number of aliphatic hydroxyl groups excluding tert-OH is 1. The summed E-state index contributed by atoms with van der Waals surface area (Å²) in [4.78, 5) is 47.4. The van der Waals surface area contributed by atoms with Crippen LogP contribution in [0, 0.1) is 0 Å². The molecule has 2 rings (SSSR count). The highest BCUT2D eigenvalue weighted by Gasteiger charge is 2.36. The first-order valence-corrected chi connectivity index (χ1v) is 13.6. The SMILES string of the molecule is Nc1ccn([C@H]2C[C@H](O)[C@@H](COP(=S)([S-])OP(=O)([O-])OP(=O)([O-])[O-])O2)c(=O)n1. The third-order valence-corrected chi connectivity index (χ3v) is 8.66. The van der Waals surface area contributed by atoms with Crippen molar-refractivity contribution in [2.45, 2.75) is 24.9 Å². The molecule has 1 aliphatic heterocycles. The highest BCUT2D eigenvalue weighted by Crippen LogP contribution is 2.63. The maximum Gasteiger partial charge on any atom is 0.351 e. The first-order chi connectivity index (χ1) is 12.7. The average Bonchev–Trinajstić information content (AvgIpc) is 2.82. The van der Waals surface area contributed by atoms with Crippen molar-refractivity contribution in [3.63, 3.8) is 0 Å². The Morgan fingerprint density at radius 3 is 2.64 bits per heavy atom. The van der Waals surface area contributed by atoms with Crippen LogP contribution in [-0.2, 0) is 51.1 Å². The van der Waals surface area contributed by atoms with Gasteiger partial charge in [0.1, 0.15) is 18.1 Å². The van der Waals surface area contributed by atoms with E-state index in [2.05, 4.69) is 37.7 Å². The Balaban J connectivity index is 1.98. The standard InChI is InChI=1S/C9H16N3O11P3S2/c10-7-1-2-12(9(14)11-7)8-3-5(13)6(21-8)4-20-26(27,28)23-25(18,19)22-24(15,16)17/h1-2,5-6,8,13H,3-4H2,(H,18,19)(H,27,28)(H2,10,11,14)(H2,15,16,17)/p-4/t5-,6+,8+/m0/s1. The summed E-state index contributed by atoms with van der Waals surface area (Å²) in [6.07, 6.45) is -1.90. The lowest BCUT2D eigenvalue weighted by atomic mass is 10.2. The molecule has 1 aliphatic rings. The van der Waals surface area contributed by atoms with E-state index in [4.69, 9.17) is 15.0 Å². The van der Waals surface area contributed by atoms with Crippen LogP contribution in [0.15, 0.2) is 17.1 Å². The third kappa shape index (κ3) is 7.26. The van der Waals surface area contributed by atoms with E-state index in [1.165, 1.54) is 12.3 Å². The second-order valence-corrected chi connectivity index (χ2v) is 13.1. The molecule has 0 saturated carbocycles. The fourth-order valence-corrected chi connectivity index (χ4v) is 6.83. The number of rotatable bonds is 8. The molecule has 0 aromatic carbocycles. The summed E-state index contributed by atoms with van der Waals surface area (Å²) in [5.74, 6) is -0.00593. The van der Waals surface area contributed by atoms with Gasteiger partial charge in [-0.2, -0.15) is 4.98 Å². The highest BCUT2D eigenvalue weighted by molar-refractivity contribution is 8.52. The quantitative estimate of drug-likeness (QED) is 0.283. The minimum Gasteiger partial charge on any atom is -0.790 e. The summed E-state index contributed by atoms with van der Waals surface area (Å²) in [7, 11) is -11.6. The van der Waals surface area contributed by atoms with Crippen LogP contribution in [0.25, 0.3) is 0 Å². The van der Waals surface area contributed by atoms with Crippen molar-refractivity contribution >= 4 is 51.2 Å². The number of aliphatic hydroxyl groups is 1. The van der Waals surface area contributed by atoms with E-state index in [9.17, 15) is 33.7 Å². The Hall–Kier alpha value is -0.180. The maximum atomic E-state index is 11.8. The molecule has 3 N–H and O–H groups in total. The Labute approximate surface area is 167 Å². The largest absolute Gasteiger partial charge is 0.790 e. The molecule has 14 nitrogen and oxygen atoms in total. The van der Waals surface area contributed by atoms with Crippen LogP contribution in [0.3, 0.4) is 0 Å². The van der Waals surface area contributed by atoms with E-state index >= 15 is 0 Å². The van der Waals surface area contributed by atoms with Crippen molar-refractivity contribution in [3.05, 3.63) is 22.7 Å². The molecule has 2 unspecified atom stereocenters.